The van der Waals surface area contributed by atoms with Crippen LogP contribution in [0.4, 0.5) is 0 Å². The first-order chi connectivity index (χ1) is 10.8. The van der Waals surface area contributed by atoms with Gasteiger partial charge < -0.3 is 10.3 Å². The van der Waals surface area contributed by atoms with E-state index in [1.807, 2.05) is 24.4 Å². The zero-order valence-electron chi connectivity index (χ0n) is 12.8. The van der Waals surface area contributed by atoms with E-state index in [0.717, 1.165) is 11.4 Å². The zero-order chi connectivity index (χ0) is 15.2. The highest BCUT2D eigenvalue weighted by molar-refractivity contribution is 5.76. The molecule has 116 valence electrons. The molecule has 1 heterocycles. The highest BCUT2D eigenvalue weighted by Crippen LogP contribution is 2.28. The van der Waals surface area contributed by atoms with E-state index in [2.05, 4.69) is 27.4 Å². The van der Waals surface area contributed by atoms with Crippen LogP contribution in [0.2, 0.25) is 0 Å². The standard InChI is InChI=1S/C18H23N3O/c22-18(12-14-6-4-5-7-14)21-16(13-17-19-10-11-20-17)15-8-2-1-3-9-15/h1-3,8-11,14,16H,4-7,12-13H2,(H,19,20)(H,21,22). The maximum absolute atomic E-state index is 12.4. The molecule has 2 aromatic rings. The molecule has 1 aliphatic rings. The highest BCUT2D eigenvalue weighted by Gasteiger charge is 2.21. The minimum Gasteiger partial charge on any atom is -0.349 e. The number of H-pyrrole nitrogens is 1. The highest BCUT2D eigenvalue weighted by atomic mass is 16.1. The second kappa shape index (κ2) is 7.25. The second-order valence-corrected chi connectivity index (χ2v) is 6.13. The summed E-state index contributed by atoms with van der Waals surface area (Å²) in [7, 11) is 0. The first kappa shape index (κ1) is 14.8. The van der Waals surface area contributed by atoms with E-state index in [9.17, 15) is 4.79 Å². The van der Waals surface area contributed by atoms with Gasteiger partial charge in [-0.1, -0.05) is 43.2 Å². The number of amides is 1. The molecule has 0 aliphatic heterocycles. The average molecular weight is 297 g/mol. The number of rotatable bonds is 6. The fraction of sp³-hybridized carbons (Fsp3) is 0.444. The number of aromatic nitrogens is 2. The molecule has 0 saturated heterocycles. The third-order valence-corrected chi connectivity index (χ3v) is 4.44. The van der Waals surface area contributed by atoms with Gasteiger partial charge in [0.25, 0.3) is 0 Å². The molecule has 4 heteroatoms. The molecule has 1 saturated carbocycles. The van der Waals surface area contributed by atoms with Crippen molar-refractivity contribution in [2.24, 2.45) is 5.92 Å². The molecule has 4 nitrogen and oxygen atoms in total. The Hall–Kier alpha value is -2.10. The van der Waals surface area contributed by atoms with E-state index in [1.165, 1.54) is 25.7 Å². The minimum absolute atomic E-state index is 0.0266. The van der Waals surface area contributed by atoms with Crippen molar-refractivity contribution in [1.29, 1.82) is 0 Å². The van der Waals surface area contributed by atoms with Gasteiger partial charge in [-0.3, -0.25) is 4.79 Å². The molecular weight excluding hydrogens is 274 g/mol. The predicted octanol–water partition coefficient (Wildman–Crippen LogP) is 3.39. The Morgan fingerprint density at radius 1 is 1.27 bits per heavy atom. The van der Waals surface area contributed by atoms with E-state index in [1.54, 1.807) is 6.20 Å². The summed E-state index contributed by atoms with van der Waals surface area (Å²) < 4.78 is 0. The molecule has 0 spiro atoms. The van der Waals surface area contributed by atoms with Gasteiger partial charge in [-0.05, 0) is 24.3 Å². The lowest BCUT2D eigenvalue weighted by molar-refractivity contribution is -0.122. The van der Waals surface area contributed by atoms with Gasteiger partial charge in [0.2, 0.25) is 5.91 Å². The van der Waals surface area contributed by atoms with Crippen molar-refractivity contribution in [1.82, 2.24) is 15.3 Å². The van der Waals surface area contributed by atoms with E-state index < -0.39 is 0 Å². The molecule has 0 radical (unpaired) electrons. The quantitative estimate of drug-likeness (QED) is 0.858. The van der Waals surface area contributed by atoms with Crippen LogP contribution >= 0.6 is 0 Å². The van der Waals surface area contributed by atoms with Crippen LogP contribution in [-0.4, -0.2) is 15.9 Å². The van der Waals surface area contributed by atoms with Gasteiger partial charge >= 0.3 is 0 Å². The largest absolute Gasteiger partial charge is 0.349 e. The number of hydrogen-bond acceptors (Lipinski definition) is 2. The van der Waals surface area contributed by atoms with Crippen molar-refractivity contribution in [3.63, 3.8) is 0 Å². The fourth-order valence-corrected chi connectivity index (χ4v) is 3.27. The lowest BCUT2D eigenvalue weighted by Gasteiger charge is -2.19. The number of benzene rings is 1. The summed E-state index contributed by atoms with van der Waals surface area (Å²) in [4.78, 5) is 19.8. The summed E-state index contributed by atoms with van der Waals surface area (Å²) in [5.41, 5.74) is 1.12. The van der Waals surface area contributed by atoms with Crippen LogP contribution in [0.25, 0.3) is 0 Å². The van der Waals surface area contributed by atoms with Gasteiger partial charge in [0.1, 0.15) is 5.82 Å². The minimum atomic E-state index is -0.0266. The number of nitrogens with zero attached hydrogens (tertiary/aromatic N) is 1. The lowest BCUT2D eigenvalue weighted by Crippen LogP contribution is -2.31. The van der Waals surface area contributed by atoms with Gasteiger partial charge in [0.05, 0.1) is 6.04 Å². The number of imidazole rings is 1. The molecule has 0 bridgehead atoms. The third-order valence-electron chi connectivity index (χ3n) is 4.44. The van der Waals surface area contributed by atoms with Gasteiger partial charge in [-0.15, -0.1) is 0 Å². The van der Waals surface area contributed by atoms with Crippen molar-refractivity contribution in [3.8, 4) is 0 Å². The normalized spacial score (nSPS) is 16.5. The van der Waals surface area contributed by atoms with E-state index in [0.29, 0.717) is 18.8 Å². The van der Waals surface area contributed by atoms with E-state index in [-0.39, 0.29) is 11.9 Å². The first-order valence-corrected chi connectivity index (χ1v) is 8.14. The number of hydrogen-bond donors (Lipinski definition) is 2. The van der Waals surface area contributed by atoms with Gasteiger partial charge in [0, 0.05) is 25.2 Å². The van der Waals surface area contributed by atoms with Crippen LogP contribution in [0.1, 0.15) is 49.5 Å². The molecule has 2 N–H and O–H groups in total. The maximum Gasteiger partial charge on any atom is 0.220 e. The van der Waals surface area contributed by atoms with Gasteiger partial charge in [-0.25, -0.2) is 4.98 Å². The van der Waals surface area contributed by atoms with Crippen LogP contribution in [0.15, 0.2) is 42.7 Å². The number of nitrogens with one attached hydrogen (secondary N) is 2. The smallest absolute Gasteiger partial charge is 0.220 e. The van der Waals surface area contributed by atoms with Gasteiger partial charge in [0.15, 0.2) is 0 Å². The molecule has 3 rings (SSSR count). The molecule has 1 fully saturated rings. The van der Waals surface area contributed by atoms with Crippen LogP contribution in [0.5, 0.6) is 0 Å². The summed E-state index contributed by atoms with van der Waals surface area (Å²) in [5.74, 6) is 1.63. The van der Waals surface area contributed by atoms with Crippen LogP contribution < -0.4 is 5.32 Å². The Balaban J connectivity index is 1.66. The third kappa shape index (κ3) is 3.97. The van der Waals surface area contributed by atoms with E-state index >= 15 is 0 Å². The van der Waals surface area contributed by atoms with Crippen LogP contribution in [-0.2, 0) is 11.2 Å². The number of aromatic amines is 1. The summed E-state index contributed by atoms with van der Waals surface area (Å²) in [6, 6.07) is 10.1. The summed E-state index contributed by atoms with van der Waals surface area (Å²) in [5, 5.41) is 3.20. The SMILES string of the molecule is O=C(CC1CCCC1)NC(Cc1ncc[nH]1)c1ccccc1. The monoisotopic (exact) mass is 297 g/mol. The predicted molar refractivity (Wildman–Crippen MR) is 86.2 cm³/mol. The van der Waals surface area contributed by atoms with Crippen molar-refractivity contribution >= 4 is 5.91 Å². The molecule has 1 aliphatic carbocycles. The van der Waals surface area contributed by atoms with Crippen LogP contribution in [0, 0.1) is 5.92 Å². The zero-order valence-corrected chi connectivity index (χ0v) is 12.8. The Morgan fingerprint density at radius 3 is 2.73 bits per heavy atom. The molecule has 22 heavy (non-hydrogen) atoms. The molecule has 1 aromatic heterocycles. The van der Waals surface area contributed by atoms with Crippen LogP contribution in [0.3, 0.4) is 0 Å². The van der Waals surface area contributed by atoms with Gasteiger partial charge in [-0.2, -0.15) is 0 Å². The Morgan fingerprint density at radius 2 is 2.05 bits per heavy atom. The van der Waals surface area contributed by atoms with Crippen molar-refractivity contribution in [2.45, 2.75) is 44.6 Å². The average Bonchev–Trinajstić information content (AvgIpc) is 3.21. The van der Waals surface area contributed by atoms with E-state index in [4.69, 9.17) is 0 Å². The summed E-state index contributed by atoms with van der Waals surface area (Å²) in [6.45, 7) is 0. The molecule has 1 amide bonds. The maximum atomic E-state index is 12.4. The Kier molecular flexibility index (Phi) is 4.88. The second-order valence-electron chi connectivity index (χ2n) is 6.13. The number of carbonyl (C=O) groups is 1. The number of carbonyl (C=O) groups excluding carboxylic acids is 1. The lowest BCUT2D eigenvalue weighted by atomic mass is 10.0. The summed E-state index contributed by atoms with van der Waals surface area (Å²) in [6.07, 6.45) is 9.84. The van der Waals surface area contributed by atoms with Crippen molar-refractivity contribution in [3.05, 3.63) is 54.1 Å². The van der Waals surface area contributed by atoms with Crippen molar-refractivity contribution < 1.29 is 4.79 Å². The topological polar surface area (TPSA) is 57.8 Å². The first-order valence-electron chi connectivity index (χ1n) is 8.14. The molecule has 1 aromatic carbocycles. The Bertz CT molecular complexity index is 574. The Labute approximate surface area is 131 Å². The summed E-state index contributed by atoms with van der Waals surface area (Å²) >= 11 is 0. The molecule has 1 unspecified atom stereocenters. The van der Waals surface area contributed by atoms with Crippen molar-refractivity contribution in [2.75, 3.05) is 0 Å². The fourth-order valence-electron chi connectivity index (χ4n) is 3.27. The molecule has 1 atom stereocenters. The molecular formula is C18H23N3O.